The summed E-state index contributed by atoms with van der Waals surface area (Å²) in [6.07, 6.45) is 3.04. The first kappa shape index (κ1) is 19.2. The number of fused-ring (bicyclic) bond motifs is 3. The standard InChI is InChI=1S/C23H35NO6/c1-4-24-18-22(27)9-14-20(10-28-2)6-5-15(30-19(20)24)23(14,18)12-7-11-13(29-3)8-21(22,26)16(12)17(11)25/h11-19,25-27H,4-10H2,1-3H3/t11-,12-,13+,14-,15+,16-,17+,18-,19?,20+,21-,22-,23-/m1/s1. The largest absolute Gasteiger partial charge is 0.392 e. The lowest BCUT2D eigenvalue weighted by molar-refractivity contribution is -0.410. The van der Waals surface area contributed by atoms with Crippen LogP contribution in [0.15, 0.2) is 0 Å². The minimum Gasteiger partial charge on any atom is -0.392 e. The van der Waals surface area contributed by atoms with E-state index in [0.717, 1.165) is 25.8 Å². The second-order valence-electron chi connectivity index (χ2n) is 11.5. The minimum absolute atomic E-state index is 0.0213. The first-order chi connectivity index (χ1) is 14.3. The van der Waals surface area contributed by atoms with Crippen molar-refractivity contribution in [2.24, 2.45) is 34.5 Å². The Morgan fingerprint density at radius 1 is 1.17 bits per heavy atom. The lowest BCUT2D eigenvalue weighted by Gasteiger charge is -2.76. The van der Waals surface area contributed by atoms with E-state index in [-0.39, 0.29) is 59.0 Å². The van der Waals surface area contributed by atoms with Crippen LogP contribution < -0.4 is 0 Å². The van der Waals surface area contributed by atoms with Gasteiger partial charge in [0, 0.05) is 43.3 Å². The maximum Gasteiger partial charge on any atom is 0.119 e. The molecule has 4 aliphatic heterocycles. The summed E-state index contributed by atoms with van der Waals surface area (Å²) in [6.45, 7) is 3.54. The van der Waals surface area contributed by atoms with Crippen molar-refractivity contribution in [2.45, 2.75) is 80.8 Å². The van der Waals surface area contributed by atoms with E-state index in [9.17, 15) is 15.3 Å². The second-order valence-corrected chi connectivity index (χ2v) is 11.5. The monoisotopic (exact) mass is 421 g/mol. The van der Waals surface area contributed by atoms with Gasteiger partial charge in [-0.2, -0.15) is 0 Å². The Kier molecular flexibility index (Phi) is 3.48. The number of aliphatic hydroxyl groups excluding tert-OH is 1. The first-order valence-corrected chi connectivity index (χ1v) is 11.9. The van der Waals surface area contributed by atoms with Crippen molar-refractivity contribution in [3.63, 3.8) is 0 Å². The summed E-state index contributed by atoms with van der Waals surface area (Å²) in [5, 5.41) is 36.2. The quantitative estimate of drug-likeness (QED) is 0.604. The van der Waals surface area contributed by atoms with Gasteiger partial charge in [-0.25, -0.2) is 0 Å². The summed E-state index contributed by atoms with van der Waals surface area (Å²) in [7, 11) is 3.44. The number of nitrogens with zero attached hydrogens (tertiary/aromatic N) is 1. The van der Waals surface area contributed by atoms with Gasteiger partial charge in [0.05, 0.1) is 31.0 Å². The predicted octanol–water partition coefficient (Wildman–Crippen LogP) is 0.356. The molecule has 5 aliphatic carbocycles. The molecule has 1 unspecified atom stereocenters. The van der Waals surface area contributed by atoms with Gasteiger partial charge in [-0.3, -0.25) is 4.90 Å². The zero-order chi connectivity index (χ0) is 20.8. The molecule has 0 radical (unpaired) electrons. The Hall–Kier alpha value is -0.280. The molecule has 7 nitrogen and oxygen atoms in total. The van der Waals surface area contributed by atoms with Gasteiger partial charge in [0.1, 0.15) is 17.4 Å². The Bertz CT molecular complexity index is 792. The molecule has 0 aromatic carbocycles. The molecule has 9 rings (SSSR count). The predicted molar refractivity (Wildman–Crippen MR) is 105 cm³/mol. The van der Waals surface area contributed by atoms with Gasteiger partial charge in [-0.15, -0.1) is 0 Å². The van der Waals surface area contributed by atoms with Crippen molar-refractivity contribution < 1.29 is 29.5 Å². The zero-order valence-corrected chi connectivity index (χ0v) is 18.2. The molecule has 7 heteroatoms. The fourth-order valence-electron chi connectivity index (χ4n) is 10.9. The normalized spacial score (nSPS) is 66.8. The highest BCUT2D eigenvalue weighted by atomic mass is 16.5. The van der Waals surface area contributed by atoms with E-state index in [4.69, 9.17) is 14.2 Å². The molecule has 9 aliphatic rings. The molecule has 168 valence electrons. The summed E-state index contributed by atoms with van der Waals surface area (Å²) in [4.78, 5) is 2.37. The Morgan fingerprint density at radius 2 is 1.97 bits per heavy atom. The van der Waals surface area contributed by atoms with Crippen molar-refractivity contribution in [2.75, 3.05) is 27.4 Å². The van der Waals surface area contributed by atoms with Crippen LogP contribution in [0.3, 0.4) is 0 Å². The third-order valence-electron chi connectivity index (χ3n) is 11.4. The maximum absolute atomic E-state index is 12.5. The van der Waals surface area contributed by atoms with Crippen LogP contribution in [0.1, 0.15) is 39.0 Å². The fraction of sp³-hybridized carbons (Fsp3) is 1.00. The number of hydrogen-bond acceptors (Lipinski definition) is 7. The average Bonchev–Trinajstić information content (AvgIpc) is 3.14. The van der Waals surface area contributed by atoms with Gasteiger partial charge in [-0.1, -0.05) is 6.92 Å². The Morgan fingerprint density at radius 3 is 2.67 bits per heavy atom. The topological polar surface area (TPSA) is 91.6 Å². The van der Waals surface area contributed by atoms with Crippen LogP contribution in [-0.4, -0.2) is 89.4 Å². The molecular weight excluding hydrogens is 386 g/mol. The minimum atomic E-state index is -1.33. The van der Waals surface area contributed by atoms with Crippen LogP contribution in [-0.2, 0) is 14.2 Å². The molecule has 9 bridgehead atoms. The van der Waals surface area contributed by atoms with Crippen molar-refractivity contribution in [1.29, 1.82) is 0 Å². The van der Waals surface area contributed by atoms with Crippen LogP contribution >= 0.6 is 0 Å². The van der Waals surface area contributed by atoms with E-state index in [1.54, 1.807) is 14.2 Å². The highest BCUT2D eigenvalue weighted by Gasteiger charge is 2.91. The number of methoxy groups -OCH3 is 2. The third kappa shape index (κ3) is 1.56. The van der Waals surface area contributed by atoms with Gasteiger partial charge in [0.15, 0.2) is 0 Å². The van der Waals surface area contributed by atoms with E-state index in [2.05, 4.69) is 11.8 Å². The molecule has 3 N–H and O–H groups in total. The molecule has 5 saturated carbocycles. The second kappa shape index (κ2) is 5.44. The third-order valence-corrected chi connectivity index (χ3v) is 11.4. The molecular formula is C23H35NO6. The van der Waals surface area contributed by atoms with Gasteiger partial charge >= 0.3 is 0 Å². The summed E-state index contributed by atoms with van der Waals surface area (Å²) < 4.78 is 18.4. The van der Waals surface area contributed by atoms with Gasteiger partial charge in [0.25, 0.3) is 0 Å². The summed E-state index contributed by atoms with van der Waals surface area (Å²) in [6, 6.07) is -0.123. The van der Waals surface area contributed by atoms with Crippen LogP contribution in [0.25, 0.3) is 0 Å². The van der Waals surface area contributed by atoms with E-state index in [1.807, 2.05) is 0 Å². The van der Waals surface area contributed by atoms with E-state index >= 15 is 0 Å². The van der Waals surface area contributed by atoms with E-state index in [0.29, 0.717) is 19.4 Å². The molecule has 0 aromatic rings. The van der Waals surface area contributed by atoms with Crippen molar-refractivity contribution >= 4 is 0 Å². The number of hydrogen-bond donors (Lipinski definition) is 3. The van der Waals surface area contributed by atoms with Gasteiger partial charge < -0.3 is 29.5 Å². The molecule has 9 fully saturated rings. The van der Waals surface area contributed by atoms with Crippen LogP contribution in [0.2, 0.25) is 0 Å². The van der Waals surface area contributed by atoms with Crippen molar-refractivity contribution in [3.05, 3.63) is 0 Å². The van der Waals surface area contributed by atoms with E-state index in [1.165, 1.54) is 0 Å². The highest BCUT2D eigenvalue weighted by molar-refractivity contribution is 5.40. The Labute approximate surface area is 177 Å². The number of rotatable bonds is 4. The zero-order valence-electron chi connectivity index (χ0n) is 18.2. The molecule has 30 heavy (non-hydrogen) atoms. The number of aliphatic hydroxyl groups is 3. The maximum atomic E-state index is 12.5. The SMILES string of the molecule is CCN1C2O[C@H]3CC[C@]2(COC)[C@H]2C[C@@]4(O)[C@@H]1[C@@]32[C@@H]1C[C@H]2[C@H](O)[C@@H]1[C@]4(O)C[C@@H]2OC. The number of piperidine rings is 1. The molecule has 0 amide bonds. The molecule has 13 atom stereocenters. The number of ether oxygens (including phenoxy) is 3. The first-order valence-electron chi connectivity index (χ1n) is 11.9. The molecule has 4 heterocycles. The lowest BCUT2D eigenvalue weighted by Crippen LogP contribution is -2.86. The molecule has 4 saturated heterocycles. The summed E-state index contributed by atoms with van der Waals surface area (Å²) >= 11 is 0. The van der Waals surface area contributed by atoms with E-state index < -0.39 is 17.3 Å². The smallest absolute Gasteiger partial charge is 0.119 e. The fourth-order valence-corrected chi connectivity index (χ4v) is 10.9. The van der Waals surface area contributed by atoms with Gasteiger partial charge in [0.2, 0.25) is 0 Å². The van der Waals surface area contributed by atoms with Crippen LogP contribution in [0, 0.1) is 34.5 Å². The highest BCUT2D eigenvalue weighted by Crippen LogP contribution is 2.83. The molecule has 0 aromatic heterocycles. The van der Waals surface area contributed by atoms with Crippen LogP contribution in [0.4, 0.5) is 0 Å². The summed E-state index contributed by atoms with van der Waals surface area (Å²) in [5.74, 6) is 0.107. The Balaban J connectivity index is 1.51. The number of likely N-dealkylation sites (N-methyl/N-ethyl adjacent to an activating group) is 1. The van der Waals surface area contributed by atoms with Gasteiger partial charge in [-0.05, 0) is 44.1 Å². The molecule has 1 spiro atoms. The average molecular weight is 422 g/mol. The summed E-state index contributed by atoms with van der Waals surface area (Å²) in [5.41, 5.74) is -2.98. The lowest BCUT2D eigenvalue weighted by atomic mass is 9.41. The van der Waals surface area contributed by atoms with Crippen molar-refractivity contribution in [1.82, 2.24) is 4.90 Å². The van der Waals surface area contributed by atoms with Crippen LogP contribution in [0.5, 0.6) is 0 Å². The van der Waals surface area contributed by atoms with Crippen molar-refractivity contribution in [3.8, 4) is 0 Å².